The third kappa shape index (κ3) is 5.27. The molecule has 1 amide bonds. The molecule has 0 radical (unpaired) electrons. The van der Waals surface area contributed by atoms with Crippen molar-refractivity contribution in [2.75, 3.05) is 37.7 Å². The van der Waals surface area contributed by atoms with Gasteiger partial charge in [-0.2, -0.15) is 0 Å². The third-order valence-electron chi connectivity index (χ3n) is 4.73. The highest BCUT2D eigenvalue weighted by atomic mass is 32.1. The smallest absolute Gasteiger partial charge is 0.266 e. The summed E-state index contributed by atoms with van der Waals surface area (Å²) in [5.41, 5.74) is 0.0726. The van der Waals surface area contributed by atoms with Gasteiger partial charge in [0.2, 0.25) is 0 Å². The van der Waals surface area contributed by atoms with Gasteiger partial charge < -0.3 is 9.64 Å². The molecule has 0 bridgehead atoms. The van der Waals surface area contributed by atoms with Gasteiger partial charge in [-0.05, 0) is 32.0 Å². The highest BCUT2D eigenvalue weighted by Crippen LogP contribution is 2.31. The minimum Gasteiger partial charge on any atom is -0.484 e. The second-order valence-corrected chi connectivity index (χ2v) is 7.59. The zero-order valence-electron chi connectivity index (χ0n) is 16.5. The quantitative estimate of drug-likeness (QED) is 0.579. The maximum atomic E-state index is 14.1. The van der Waals surface area contributed by atoms with Crippen molar-refractivity contribution in [3.63, 3.8) is 0 Å². The molecular formula is C21H24F2N3O2S+. The first-order chi connectivity index (χ1) is 14.0. The van der Waals surface area contributed by atoms with Crippen molar-refractivity contribution in [3.05, 3.63) is 54.1 Å². The number of halogens is 2. The number of nitrogens with one attached hydrogen (secondary N) is 1. The average molecular weight is 421 g/mol. The van der Waals surface area contributed by atoms with Gasteiger partial charge in [-0.3, -0.25) is 9.69 Å². The highest BCUT2D eigenvalue weighted by molar-refractivity contribution is 7.22. The van der Waals surface area contributed by atoms with Crippen molar-refractivity contribution in [1.82, 2.24) is 4.98 Å². The van der Waals surface area contributed by atoms with Crippen molar-refractivity contribution in [1.29, 1.82) is 0 Å². The maximum Gasteiger partial charge on any atom is 0.266 e. The largest absolute Gasteiger partial charge is 0.484 e. The van der Waals surface area contributed by atoms with Gasteiger partial charge in [0.05, 0.1) is 30.9 Å². The second-order valence-electron chi connectivity index (χ2n) is 6.59. The Morgan fingerprint density at radius 3 is 2.59 bits per heavy atom. The number of fused-ring (bicyclic) bond motifs is 1. The van der Waals surface area contributed by atoms with Crippen LogP contribution in [0.15, 0.2) is 42.5 Å². The molecule has 1 N–H and O–H groups in total. The molecule has 3 aromatic rings. The van der Waals surface area contributed by atoms with Gasteiger partial charge in [0.15, 0.2) is 17.6 Å². The van der Waals surface area contributed by atoms with Gasteiger partial charge in [-0.25, -0.2) is 13.8 Å². The van der Waals surface area contributed by atoms with E-state index < -0.39 is 11.6 Å². The molecule has 8 heteroatoms. The van der Waals surface area contributed by atoms with Crippen LogP contribution in [0.2, 0.25) is 0 Å². The molecule has 0 spiro atoms. The fourth-order valence-electron chi connectivity index (χ4n) is 3.00. The molecule has 29 heavy (non-hydrogen) atoms. The Bertz CT molecular complexity index is 961. The van der Waals surface area contributed by atoms with E-state index in [-0.39, 0.29) is 18.0 Å². The van der Waals surface area contributed by atoms with Crippen LogP contribution in [0.3, 0.4) is 0 Å². The number of aromatic nitrogens is 1. The predicted molar refractivity (Wildman–Crippen MR) is 111 cm³/mol. The number of hydrogen-bond acceptors (Lipinski definition) is 4. The summed E-state index contributed by atoms with van der Waals surface area (Å²) in [4.78, 5) is 20.0. The topological polar surface area (TPSA) is 46.9 Å². The SMILES string of the molecule is CC[NH+](CC)CCN(C(=O)COc1ccccc1)c1nc2c(F)cc(F)cc2s1. The summed E-state index contributed by atoms with van der Waals surface area (Å²) in [7, 11) is 0. The fraction of sp³-hybridized carbons (Fsp3) is 0.333. The van der Waals surface area contributed by atoms with Crippen LogP contribution in [-0.2, 0) is 4.79 Å². The van der Waals surface area contributed by atoms with E-state index in [0.717, 1.165) is 37.0 Å². The number of nitrogens with zero attached hydrogens (tertiary/aromatic N) is 2. The standard InChI is InChI=1S/C21H23F2N3O2S/c1-3-25(4-2)10-11-26(19(27)14-28-16-8-6-5-7-9-16)21-24-20-17(23)12-15(22)13-18(20)29-21/h5-9,12-13H,3-4,10-11,14H2,1-2H3/p+1. The Hall–Kier alpha value is -2.58. The molecule has 1 aromatic heterocycles. The zero-order chi connectivity index (χ0) is 20.8. The zero-order valence-corrected chi connectivity index (χ0v) is 17.3. The molecule has 0 saturated heterocycles. The van der Waals surface area contributed by atoms with Gasteiger partial charge in [-0.1, -0.05) is 29.5 Å². The summed E-state index contributed by atoms with van der Waals surface area (Å²) in [6, 6.07) is 11.1. The maximum absolute atomic E-state index is 14.1. The Morgan fingerprint density at radius 1 is 1.17 bits per heavy atom. The van der Waals surface area contributed by atoms with Crippen LogP contribution in [0, 0.1) is 11.6 Å². The normalized spacial score (nSPS) is 11.2. The number of ether oxygens (including phenoxy) is 1. The average Bonchev–Trinajstić information content (AvgIpc) is 3.14. The van der Waals surface area contributed by atoms with Crippen molar-refractivity contribution >= 4 is 32.6 Å². The molecule has 3 rings (SSSR count). The van der Waals surface area contributed by atoms with Gasteiger partial charge in [-0.15, -0.1) is 0 Å². The van der Waals surface area contributed by atoms with E-state index in [0.29, 0.717) is 22.1 Å². The van der Waals surface area contributed by atoms with E-state index in [4.69, 9.17) is 4.74 Å². The number of anilines is 1. The summed E-state index contributed by atoms with van der Waals surface area (Å²) in [6.45, 7) is 7.00. The van der Waals surface area contributed by atoms with E-state index in [1.54, 1.807) is 12.1 Å². The van der Waals surface area contributed by atoms with Gasteiger partial charge in [0, 0.05) is 6.07 Å². The molecule has 0 aliphatic rings. The number of thiazole rings is 1. The molecule has 1 heterocycles. The molecule has 0 aliphatic heterocycles. The van der Waals surface area contributed by atoms with Gasteiger partial charge in [0.1, 0.15) is 17.1 Å². The lowest BCUT2D eigenvalue weighted by Crippen LogP contribution is -3.12. The Morgan fingerprint density at radius 2 is 1.90 bits per heavy atom. The first-order valence-electron chi connectivity index (χ1n) is 9.59. The molecule has 0 saturated carbocycles. The second kappa shape index (κ2) is 9.76. The lowest BCUT2D eigenvalue weighted by molar-refractivity contribution is -0.894. The summed E-state index contributed by atoms with van der Waals surface area (Å²) < 4.78 is 33.6. The van der Waals surface area contributed by atoms with E-state index in [2.05, 4.69) is 18.8 Å². The minimum atomic E-state index is -0.732. The molecule has 0 aliphatic carbocycles. The van der Waals surface area contributed by atoms with E-state index in [9.17, 15) is 13.6 Å². The Labute approximate surface area is 172 Å². The Kier molecular flexibility index (Phi) is 7.11. The minimum absolute atomic E-state index is 0.0726. The molecule has 5 nitrogen and oxygen atoms in total. The first-order valence-corrected chi connectivity index (χ1v) is 10.4. The lowest BCUT2D eigenvalue weighted by Gasteiger charge is -2.23. The van der Waals surface area contributed by atoms with Crippen LogP contribution in [0.25, 0.3) is 10.2 Å². The highest BCUT2D eigenvalue weighted by Gasteiger charge is 2.23. The monoisotopic (exact) mass is 420 g/mol. The molecule has 0 unspecified atom stereocenters. The lowest BCUT2D eigenvalue weighted by atomic mass is 10.3. The number of benzene rings is 2. The molecule has 154 valence electrons. The number of hydrogen-bond donors (Lipinski definition) is 1. The number of carbonyl (C=O) groups excluding carboxylic acids is 1. The summed E-state index contributed by atoms with van der Waals surface area (Å²) in [6.07, 6.45) is 0. The van der Waals surface area contributed by atoms with Crippen LogP contribution in [0.4, 0.5) is 13.9 Å². The van der Waals surface area contributed by atoms with Crippen molar-refractivity contribution in [2.45, 2.75) is 13.8 Å². The van der Waals surface area contributed by atoms with Crippen LogP contribution >= 0.6 is 11.3 Å². The number of likely N-dealkylation sites (N-methyl/N-ethyl adjacent to an activating group) is 1. The van der Waals surface area contributed by atoms with Crippen LogP contribution < -0.4 is 14.5 Å². The number of para-hydroxylation sites is 1. The van der Waals surface area contributed by atoms with Crippen LogP contribution in [0.5, 0.6) is 5.75 Å². The van der Waals surface area contributed by atoms with Crippen LogP contribution in [-0.4, -0.2) is 43.7 Å². The van der Waals surface area contributed by atoms with E-state index in [1.807, 2.05) is 18.2 Å². The number of amides is 1. The van der Waals surface area contributed by atoms with Gasteiger partial charge in [0.25, 0.3) is 5.91 Å². The first kappa shape index (κ1) is 21.1. The van der Waals surface area contributed by atoms with Gasteiger partial charge >= 0.3 is 0 Å². The fourth-order valence-corrected chi connectivity index (χ4v) is 4.05. The third-order valence-corrected chi connectivity index (χ3v) is 5.75. The van der Waals surface area contributed by atoms with Crippen LogP contribution in [0.1, 0.15) is 13.8 Å². The number of quaternary nitrogens is 1. The van der Waals surface area contributed by atoms with E-state index in [1.165, 1.54) is 15.9 Å². The Balaban J connectivity index is 1.83. The summed E-state index contributed by atoms with van der Waals surface area (Å²) in [5, 5.41) is 0.345. The summed E-state index contributed by atoms with van der Waals surface area (Å²) >= 11 is 1.10. The van der Waals surface area contributed by atoms with Crippen molar-refractivity contribution < 1.29 is 23.2 Å². The van der Waals surface area contributed by atoms with E-state index >= 15 is 0 Å². The molecule has 0 atom stereocenters. The molecular weight excluding hydrogens is 396 g/mol. The summed E-state index contributed by atoms with van der Waals surface area (Å²) in [5.74, 6) is -1.08. The van der Waals surface area contributed by atoms with Crippen molar-refractivity contribution in [2.24, 2.45) is 0 Å². The predicted octanol–water partition coefficient (Wildman–Crippen LogP) is 2.91. The van der Waals surface area contributed by atoms with Crippen molar-refractivity contribution in [3.8, 4) is 5.75 Å². The number of rotatable bonds is 9. The molecule has 0 fully saturated rings. The number of carbonyl (C=O) groups is 1. The molecule has 2 aromatic carbocycles.